The molecule has 100 valence electrons. The molecule has 0 fully saturated rings. The fourth-order valence-corrected chi connectivity index (χ4v) is 1.37. The van der Waals surface area contributed by atoms with E-state index < -0.39 is 16.4 Å². The minimum Gasteiger partial charge on any atom is -0.334 e. The van der Waals surface area contributed by atoms with Crippen molar-refractivity contribution in [1.82, 2.24) is 5.32 Å². The zero-order valence-electron chi connectivity index (χ0n) is 11.0. The van der Waals surface area contributed by atoms with E-state index >= 15 is 0 Å². The maximum absolute atomic E-state index is 12.0. The Hall–Kier alpha value is -2.42. The Morgan fingerprint density at radius 2 is 2.16 bits per heavy atom. The van der Waals surface area contributed by atoms with Gasteiger partial charge in [-0.25, -0.2) is 0 Å². The van der Waals surface area contributed by atoms with Crippen molar-refractivity contribution in [3.63, 3.8) is 0 Å². The van der Waals surface area contributed by atoms with E-state index in [2.05, 4.69) is 11.4 Å². The third kappa shape index (κ3) is 3.28. The molecule has 1 unspecified atom stereocenters. The minimum atomic E-state index is -1.01. The topological polar surface area (TPSA) is 96.0 Å². The first kappa shape index (κ1) is 14.6. The lowest BCUT2D eigenvalue weighted by atomic mass is 9.89. The molecule has 1 N–H and O–H groups in total. The van der Waals surface area contributed by atoms with E-state index in [9.17, 15) is 14.9 Å². The van der Waals surface area contributed by atoms with Crippen LogP contribution in [0.5, 0.6) is 0 Å². The van der Waals surface area contributed by atoms with E-state index in [1.165, 1.54) is 24.3 Å². The number of nitrogens with one attached hydrogen (secondary N) is 1. The Labute approximate surface area is 111 Å². The van der Waals surface area contributed by atoms with Crippen LogP contribution in [0.1, 0.15) is 31.1 Å². The smallest absolute Gasteiger partial charge is 0.270 e. The molecule has 1 rings (SSSR count). The van der Waals surface area contributed by atoms with Crippen molar-refractivity contribution in [3.8, 4) is 6.07 Å². The summed E-state index contributed by atoms with van der Waals surface area (Å²) < 4.78 is 0. The number of carbonyl (C=O) groups is 1. The highest BCUT2D eigenvalue weighted by atomic mass is 16.6. The third-order valence-electron chi connectivity index (χ3n) is 3.08. The summed E-state index contributed by atoms with van der Waals surface area (Å²) in [5.41, 5.74) is -1.01. The van der Waals surface area contributed by atoms with Gasteiger partial charge in [0, 0.05) is 17.7 Å². The molecular formula is C13H15N3O3. The molecule has 1 amide bonds. The second-order valence-electron chi connectivity index (χ2n) is 4.73. The van der Waals surface area contributed by atoms with Crippen molar-refractivity contribution < 1.29 is 9.72 Å². The number of nitrogens with zero attached hydrogens (tertiary/aromatic N) is 2. The maximum atomic E-state index is 12.0. The van der Waals surface area contributed by atoms with Crippen molar-refractivity contribution >= 4 is 11.6 Å². The summed E-state index contributed by atoms with van der Waals surface area (Å²) in [5, 5.41) is 22.4. The van der Waals surface area contributed by atoms with Crippen LogP contribution < -0.4 is 5.32 Å². The largest absolute Gasteiger partial charge is 0.334 e. The second kappa shape index (κ2) is 5.48. The van der Waals surface area contributed by atoms with Gasteiger partial charge in [-0.3, -0.25) is 14.9 Å². The monoisotopic (exact) mass is 261 g/mol. The first-order chi connectivity index (χ1) is 8.80. The normalized spacial score (nSPS) is 13.4. The minimum absolute atomic E-state index is 0.0832. The van der Waals surface area contributed by atoms with Gasteiger partial charge in [0.25, 0.3) is 11.6 Å². The molecule has 1 aromatic carbocycles. The van der Waals surface area contributed by atoms with Gasteiger partial charge in [-0.2, -0.15) is 5.26 Å². The first-order valence-electron chi connectivity index (χ1n) is 5.78. The molecule has 0 saturated heterocycles. The first-order valence-corrected chi connectivity index (χ1v) is 5.78. The Morgan fingerprint density at radius 3 is 2.63 bits per heavy atom. The molecule has 0 aliphatic rings. The summed E-state index contributed by atoms with van der Waals surface area (Å²) in [4.78, 5) is 22.1. The number of amides is 1. The van der Waals surface area contributed by atoms with E-state index in [0.717, 1.165) is 0 Å². The molecule has 0 bridgehead atoms. The summed E-state index contributed by atoms with van der Waals surface area (Å²) in [6, 6.07) is 7.46. The van der Waals surface area contributed by atoms with Gasteiger partial charge < -0.3 is 5.32 Å². The van der Waals surface area contributed by atoms with Crippen LogP contribution >= 0.6 is 0 Å². The number of hydrogen-bond acceptors (Lipinski definition) is 4. The van der Waals surface area contributed by atoms with Gasteiger partial charge >= 0.3 is 0 Å². The van der Waals surface area contributed by atoms with Gasteiger partial charge in [0.15, 0.2) is 0 Å². The van der Waals surface area contributed by atoms with Crippen molar-refractivity contribution in [1.29, 1.82) is 5.26 Å². The van der Waals surface area contributed by atoms with Crippen LogP contribution in [0.15, 0.2) is 24.3 Å². The summed E-state index contributed by atoms with van der Waals surface area (Å²) in [7, 11) is 0. The molecule has 0 aliphatic carbocycles. The van der Waals surface area contributed by atoms with Crippen LogP contribution in [0.25, 0.3) is 0 Å². The van der Waals surface area contributed by atoms with Gasteiger partial charge in [0.05, 0.1) is 11.0 Å². The second-order valence-corrected chi connectivity index (χ2v) is 4.73. The van der Waals surface area contributed by atoms with Gasteiger partial charge in [-0.15, -0.1) is 0 Å². The Bertz CT molecular complexity index is 548. The Kier molecular flexibility index (Phi) is 4.22. The molecule has 1 aromatic rings. The van der Waals surface area contributed by atoms with Crippen LogP contribution in [0.2, 0.25) is 0 Å². The number of benzene rings is 1. The highest BCUT2D eigenvalue weighted by Gasteiger charge is 2.30. The van der Waals surface area contributed by atoms with Crippen molar-refractivity contribution in [2.24, 2.45) is 5.92 Å². The van der Waals surface area contributed by atoms with Gasteiger partial charge in [0.2, 0.25) is 0 Å². The van der Waals surface area contributed by atoms with E-state index in [4.69, 9.17) is 5.26 Å². The fraction of sp³-hybridized carbons (Fsp3) is 0.385. The average Bonchev–Trinajstić information content (AvgIpc) is 2.38. The number of hydrogen-bond donors (Lipinski definition) is 1. The molecule has 0 aromatic heterocycles. The molecule has 6 nitrogen and oxygen atoms in total. The van der Waals surface area contributed by atoms with Gasteiger partial charge in [-0.1, -0.05) is 19.9 Å². The van der Waals surface area contributed by atoms with Crippen molar-refractivity contribution in [2.45, 2.75) is 26.3 Å². The number of nitro groups is 1. The quantitative estimate of drug-likeness (QED) is 0.664. The highest BCUT2D eigenvalue weighted by molar-refractivity contribution is 5.95. The predicted octanol–water partition coefficient (Wildman–Crippen LogP) is 2.26. The Morgan fingerprint density at radius 1 is 1.53 bits per heavy atom. The van der Waals surface area contributed by atoms with Crippen LogP contribution in [0.3, 0.4) is 0 Å². The summed E-state index contributed by atoms with van der Waals surface area (Å²) >= 11 is 0. The number of nitriles is 1. The predicted molar refractivity (Wildman–Crippen MR) is 69.4 cm³/mol. The standard InChI is InChI=1S/C13H15N3O3/c1-9(2)13(3,8-14)15-12(17)10-5-4-6-11(7-10)16(18)19/h4-7,9H,1-3H3,(H,15,17). The number of non-ortho nitro benzene ring substituents is 1. The third-order valence-corrected chi connectivity index (χ3v) is 3.08. The molecule has 0 spiro atoms. The fourth-order valence-electron chi connectivity index (χ4n) is 1.37. The van der Waals surface area contributed by atoms with Crippen molar-refractivity contribution in [2.75, 3.05) is 0 Å². The zero-order chi connectivity index (χ0) is 14.6. The summed E-state index contributed by atoms with van der Waals surface area (Å²) in [5.74, 6) is -0.582. The van der Waals surface area contributed by atoms with Crippen molar-refractivity contribution in [3.05, 3.63) is 39.9 Å². The highest BCUT2D eigenvalue weighted by Crippen LogP contribution is 2.18. The van der Waals surface area contributed by atoms with E-state index in [1.807, 2.05) is 13.8 Å². The summed E-state index contributed by atoms with van der Waals surface area (Å²) in [6.45, 7) is 5.25. The Balaban J connectivity index is 2.99. The van der Waals surface area contributed by atoms with E-state index in [0.29, 0.717) is 0 Å². The SMILES string of the molecule is CC(C)C(C)(C#N)NC(=O)c1cccc([N+](=O)[O-])c1. The van der Waals surface area contributed by atoms with Gasteiger partial charge in [-0.05, 0) is 18.9 Å². The molecule has 0 saturated carbocycles. The lowest BCUT2D eigenvalue weighted by Gasteiger charge is -2.27. The van der Waals surface area contributed by atoms with E-state index in [-0.39, 0.29) is 17.2 Å². The van der Waals surface area contributed by atoms with Crippen LogP contribution in [0.4, 0.5) is 5.69 Å². The van der Waals surface area contributed by atoms with E-state index in [1.54, 1.807) is 6.92 Å². The molecule has 6 heteroatoms. The molecule has 19 heavy (non-hydrogen) atoms. The van der Waals surface area contributed by atoms with Crippen LogP contribution in [0, 0.1) is 27.4 Å². The average molecular weight is 261 g/mol. The molecule has 0 heterocycles. The number of nitro benzene ring substituents is 1. The lowest BCUT2D eigenvalue weighted by Crippen LogP contribution is -2.48. The van der Waals surface area contributed by atoms with Crippen LogP contribution in [-0.4, -0.2) is 16.4 Å². The van der Waals surface area contributed by atoms with Gasteiger partial charge in [0.1, 0.15) is 5.54 Å². The number of carbonyl (C=O) groups excluding carboxylic acids is 1. The lowest BCUT2D eigenvalue weighted by molar-refractivity contribution is -0.384. The summed E-state index contributed by atoms with van der Waals surface area (Å²) in [6.07, 6.45) is 0. The van der Waals surface area contributed by atoms with Crippen LogP contribution in [-0.2, 0) is 0 Å². The molecule has 1 atom stereocenters. The zero-order valence-corrected chi connectivity index (χ0v) is 11.0. The maximum Gasteiger partial charge on any atom is 0.270 e. The molecular weight excluding hydrogens is 246 g/mol. The molecule has 0 radical (unpaired) electrons. The molecule has 0 aliphatic heterocycles. The number of rotatable bonds is 4.